The summed E-state index contributed by atoms with van der Waals surface area (Å²) in [5.41, 5.74) is 6.35. The summed E-state index contributed by atoms with van der Waals surface area (Å²) >= 11 is 0. The molecule has 0 saturated carbocycles. The quantitative estimate of drug-likeness (QED) is 0.200. The molecule has 0 saturated heterocycles. The lowest BCUT2D eigenvalue weighted by Crippen LogP contribution is -2.11. The number of amides is 2. The van der Waals surface area contributed by atoms with Gasteiger partial charge >= 0.3 is 0 Å². The lowest BCUT2D eigenvalue weighted by molar-refractivity contribution is 0.101. The highest BCUT2D eigenvalue weighted by atomic mass is 16.2. The molecule has 5 rings (SSSR count). The van der Waals surface area contributed by atoms with Gasteiger partial charge in [-0.3, -0.25) is 14.6 Å². The molecule has 0 radical (unpaired) electrons. The molecule has 0 aliphatic carbocycles. The zero-order valence-electron chi connectivity index (χ0n) is 27.0. The molecule has 6 heteroatoms. The van der Waals surface area contributed by atoms with E-state index in [4.69, 9.17) is 5.26 Å². The van der Waals surface area contributed by atoms with Gasteiger partial charge in [-0.05, 0) is 100 Å². The Morgan fingerprint density at radius 1 is 0.733 bits per heavy atom. The number of nitrogens with zero attached hydrogens (tertiary/aromatic N) is 2. The van der Waals surface area contributed by atoms with E-state index in [9.17, 15) is 9.59 Å². The van der Waals surface area contributed by atoms with Gasteiger partial charge in [0.25, 0.3) is 11.8 Å². The van der Waals surface area contributed by atoms with Crippen LogP contribution in [0.1, 0.15) is 74.4 Å². The summed E-state index contributed by atoms with van der Waals surface area (Å²) in [4.78, 5) is 28.4. The molecule has 0 atom stereocenters. The number of hydrogen-bond donors (Lipinski definition) is 2. The van der Waals surface area contributed by atoms with Crippen LogP contribution in [0, 0.1) is 25.2 Å². The van der Waals surface area contributed by atoms with Crippen molar-refractivity contribution in [3.05, 3.63) is 149 Å². The number of aryl methyl sites for hydroxylation is 2. The van der Waals surface area contributed by atoms with Crippen LogP contribution in [0.4, 0.5) is 11.4 Å². The second kappa shape index (κ2) is 19.6. The maximum absolute atomic E-state index is 12.2. The third-order valence-electron chi connectivity index (χ3n) is 6.03. The normalized spacial score (nSPS) is 9.71. The molecule has 2 N–H and O–H groups in total. The van der Waals surface area contributed by atoms with E-state index in [0.717, 1.165) is 27.7 Å². The first-order valence-electron chi connectivity index (χ1n) is 14.9. The van der Waals surface area contributed by atoms with Gasteiger partial charge in [0, 0.05) is 36.9 Å². The Kier molecular flexibility index (Phi) is 15.5. The standard InChI is InChI=1S/C17H14N2O.C15H12N2O.C4H8.C3H8.2H2/c1-12-4-2-5-14(10-12)17(20)19-15-7-8-16-13(11-15)6-3-9-18-16;1-11-3-2-4-13(9-11)15(18)17-14-7-5-12(10-16)6-8-14;1-3-4-2;1-3-2;;/h2-11H,1H3,(H,19,20);2-9H,1H3,(H,17,18);3-4H,1-2H3;3H2,1-2H3;2*1H/b;;4-3+;;;. The van der Waals surface area contributed by atoms with E-state index in [2.05, 4.69) is 29.5 Å². The molecular weight excluding hydrogens is 556 g/mol. The van der Waals surface area contributed by atoms with Crippen molar-refractivity contribution in [1.82, 2.24) is 4.98 Å². The number of rotatable bonds is 4. The summed E-state index contributed by atoms with van der Waals surface area (Å²) in [6.45, 7) is 12.2. The molecule has 0 aliphatic heterocycles. The minimum absolute atomic E-state index is 0. The highest BCUT2D eigenvalue weighted by Gasteiger charge is 2.07. The fourth-order valence-electron chi connectivity index (χ4n) is 3.76. The monoisotopic (exact) mass is 602 g/mol. The molecule has 0 aliphatic rings. The summed E-state index contributed by atoms with van der Waals surface area (Å²) in [6.07, 6.45) is 7.01. The zero-order valence-corrected chi connectivity index (χ0v) is 27.0. The summed E-state index contributed by atoms with van der Waals surface area (Å²) < 4.78 is 0. The highest BCUT2D eigenvalue weighted by Crippen LogP contribution is 2.18. The van der Waals surface area contributed by atoms with E-state index in [1.54, 1.807) is 36.5 Å². The van der Waals surface area contributed by atoms with Gasteiger partial charge in [0.15, 0.2) is 0 Å². The van der Waals surface area contributed by atoms with Gasteiger partial charge in [0.05, 0.1) is 17.1 Å². The van der Waals surface area contributed by atoms with Gasteiger partial charge in [-0.25, -0.2) is 0 Å². The Labute approximate surface area is 270 Å². The Morgan fingerprint density at radius 2 is 1.24 bits per heavy atom. The van der Waals surface area contributed by atoms with Crippen molar-refractivity contribution >= 4 is 34.1 Å². The maximum atomic E-state index is 12.2. The number of carbonyl (C=O) groups is 2. The Balaban J connectivity index is 0.000000729. The number of carbonyl (C=O) groups excluding carboxylic acids is 2. The molecule has 4 aromatic carbocycles. The van der Waals surface area contributed by atoms with Crippen molar-refractivity contribution in [3.63, 3.8) is 0 Å². The van der Waals surface area contributed by atoms with Crippen LogP contribution in [-0.4, -0.2) is 16.8 Å². The zero-order chi connectivity index (χ0) is 33.0. The molecule has 45 heavy (non-hydrogen) atoms. The SMILES string of the molecule is C/C=C/C.CCC.Cc1cccc(C(=O)Nc2ccc(C#N)cc2)c1.Cc1cccc(C(=O)Nc2ccc3ncccc3c2)c1.[HH].[HH]. The fraction of sp³-hybridized carbons (Fsp3) is 0.179. The lowest BCUT2D eigenvalue weighted by Gasteiger charge is -2.07. The molecule has 0 spiro atoms. The molecule has 6 nitrogen and oxygen atoms in total. The average Bonchev–Trinajstić information content (AvgIpc) is 3.06. The van der Waals surface area contributed by atoms with Crippen LogP contribution in [0.15, 0.2) is 121 Å². The summed E-state index contributed by atoms with van der Waals surface area (Å²) in [6, 6.07) is 33.3. The minimum atomic E-state index is -0.150. The predicted octanol–water partition coefficient (Wildman–Crippen LogP) is 10.4. The van der Waals surface area contributed by atoms with Crippen LogP contribution >= 0.6 is 0 Å². The Morgan fingerprint density at radius 3 is 1.73 bits per heavy atom. The van der Waals surface area contributed by atoms with Crippen LogP contribution in [0.25, 0.3) is 10.9 Å². The molecule has 0 bridgehead atoms. The second-order valence-corrected chi connectivity index (χ2v) is 10.1. The number of aromatic nitrogens is 1. The predicted molar refractivity (Wildman–Crippen MR) is 192 cm³/mol. The second-order valence-electron chi connectivity index (χ2n) is 10.1. The van der Waals surface area contributed by atoms with Crippen LogP contribution in [0.5, 0.6) is 0 Å². The minimum Gasteiger partial charge on any atom is -0.322 e. The third kappa shape index (κ3) is 12.7. The first-order chi connectivity index (χ1) is 21.7. The van der Waals surface area contributed by atoms with Crippen molar-refractivity contribution < 1.29 is 12.4 Å². The average molecular weight is 603 g/mol. The van der Waals surface area contributed by atoms with Gasteiger partial charge in [0.2, 0.25) is 0 Å². The number of fused-ring (bicyclic) bond motifs is 1. The number of hydrogen-bond acceptors (Lipinski definition) is 4. The number of nitriles is 1. The molecule has 5 aromatic rings. The lowest BCUT2D eigenvalue weighted by atomic mass is 10.1. The van der Waals surface area contributed by atoms with E-state index in [1.165, 1.54) is 6.42 Å². The number of anilines is 2. The van der Waals surface area contributed by atoms with Crippen molar-refractivity contribution in [1.29, 1.82) is 5.26 Å². The van der Waals surface area contributed by atoms with Gasteiger partial charge in [-0.1, -0.05) is 73.9 Å². The van der Waals surface area contributed by atoms with E-state index in [-0.39, 0.29) is 14.7 Å². The smallest absolute Gasteiger partial charge is 0.255 e. The van der Waals surface area contributed by atoms with Crippen LogP contribution in [0.2, 0.25) is 0 Å². The fourth-order valence-corrected chi connectivity index (χ4v) is 3.76. The molecular formula is C39H46N4O2. The molecule has 2 amide bonds. The number of benzene rings is 4. The van der Waals surface area contributed by atoms with Gasteiger partial charge in [-0.15, -0.1) is 0 Å². The number of nitrogens with one attached hydrogen (secondary N) is 2. The first-order valence-corrected chi connectivity index (χ1v) is 14.9. The van der Waals surface area contributed by atoms with Gasteiger partial charge in [-0.2, -0.15) is 5.26 Å². The van der Waals surface area contributed by atoms with Crippen LogP contribution < -0.4 is 10.6 Å². The largest absolute Gasteiger partial charge is 0.322 e. The topological polar surface area (TPSA) is 94.9 Å². The van der Waals surface area contributed by atoms with Crippen LogP contribution in [0.3, 0.4) is 0 Å². The van der Waals surface area contributed by atoms with Crippen molar-refractivity contribution in [2.24, 2.45) is 0 Å². The Hall–Kier alpha value is -5.54. The van der Waals surface area contributed by atoms with E-state index >= 15 is 0 Å². The van der Waals surface area contributed by atoms with Crippen molar-refractivity contribution in [2.45, 2.75) is 48.0 Å². The first kappa shape index (κ1) is 35.7. The van der Waals surface area contributed by atoms with Crippen molar-refractivity contribution in [2.75, 3.05) is 10.6 Å². The number of allylic oxidation sites excluding steroid dienone is 2. The van der Waals surface area contributed by atoms with E-state index in [0.29, 0.717) is 22.4 Å². The molecule has 1 heterocycles. The number of pyridine rings is 1. The maximum Gasteiger partial charge on any atom is 0.255 e. The summed E-state index contributed by atoms with van der Waals surface area (Å²) in [5.74, 6) is -0.250. The molecule has 0 unspecified atom stereocenters. The summed E-state index contributed by atoms with van der Waals surface area (Å²) in [5, 5.41) is 15.4. The Bertz CT molecular complexity index is 1740. The third-order valence-corrected chi connectivity index (χ3v) is 6.03. The van der Waals surface area contributed by atoms with Crippen LogP contribution in [-0.2, 0) is 0 Å². The van der Waals surface area contributed by atoms with Gasteiger partial charge in [0.1, 0.15) is 0 Å². The van der Waals surface area contributed by atoms with E-state index in [1.807, 2.05) is 119 Å². The molecule has 1 aromatic heterocycles. The van der Waals surface area contributed by atoms with Gasteiger partial charge < -0.3 is 10.6 Å². The summed E-state index contributed by atoms with van der Waals surface area (Å²) in [7, 11) is 0. The highest BCUT2D eigenvalue weighted by molar-refractivity contribution is 6.05. The van der Waals surface area contributed by atoms with E-state index < -0.39 is 0 Å². The molecule has 234 valence electrons. The van der Waals surface area contributed by atoms with Crippen molar-refractivity contribution in [3.8, 4) is 6.07 Å². The molecule has 0 fully saturated rings.